The molecule has 0 amide bonds. The first-order valence-corrected chi connectivity index (χ1v) is 9.28. The molecule has 0 aromatic carbocycles. The van der Waals surface area contributed by atoms with Crippen molar-refractivity contribution >= 4 is 9.84 Å². The highest BCUT2D eigenvalue weighted by Gasteiger charge is 2.33. The summed E-state index contributed by atoms with van der Waals surface area (Å²) in [7, 11) is -2.81. The average molecular weight is 299 g/mol. The number of nitrogens with zero attached hydrogens (tertiary/aromatic N) is 2. The fraction of sp³-hybridized carbons (Fsp3) is 0.786. The smallest absolute Gasteiger partial charge is 0.150 e. The number of hydrogen-bond donors (Lipinski definition) is 1. The molecular formula is C14H25N3O2S. The first-order chi connectivity index (χ1) is 9.54. The highest BCUT2D eigenvalue weighted by atomic mass is 32.2. The molecule has 2 heterocycles. The van der Waals surface area contributed by atoms with E-state index in [1.54, 1.807) is 0 Å². The van der Waals surface area contributed by atoms with E-state index in [1.165, 1.54) is 5.56 Å². The van der Waals surface area contributed by atoms with Gasteiger partial charge in [-0.1, -0.05) is 6.92 Å². The standard InChI is InChI=1S/C14H25N3O2S/c1-3-15-9-14(13-5-6-20(18,19)11-13)7-12-8-16-17(4-2)10-12/h8,10,13-15H,3-7,9,11H2,1-2H3. The zero-order valence-electron chi connectivity index (χ0n) is 12.4. The summed E-state index contributed by atoms with van der Waals surface area (Å²) in [5.41, 5.74) is 1.21. The normalized spacial score (nSPS) is 23.0. The summed E-state index contributed by atoms with van der Waals surface area (Å²) in [6.45, 7) is 6.82. The van der Waals surface area contributed by atoms with Gasteiger partial charge in [0.1, 0.15) is 0 Å². The second-order valence-electron chi connectivity index (χ2n) is 5.64. The molecule has 6 heteroatoms. The van der Waals surface area contributed by atoms with E-state index in [4.69, 9.17) is 0 Å². The Bertz CT molecular complexity index is 524. The molecule has 1 N–H and O–H groups in total. The zero-order valence-corrected chi connectivity index (χ0v) is 13.2. The van der Waals surface area contributed by atoms with Crippen molar-refractivity contribution in [2.75, 3.05) is 24.6 Å². The maximum absolute atomic E-state index is 11.7. The van der Waals surface area contributed by atoms with Crippen molar-refractivity contribution in [3.63, 3.8) is 0 Å². The van der Waals surface area contributed by atoms with Gasteiger partial charge >= 0.3 is 0 Å². The van der Waals surface area contributed by atoms with Crippen LogP contribution in [-0.2, 0) is 22.8 Å². The Morgan fingerprint density at radius 2 is 2.30 bits per heavy atom. The van der Waals surface area contributed by atoms with Gasteiger partial charge in [-0.05, 0) is 50.3 Å². The molecule has 5 nitrogen and oxygen atoms in total. The van der Waals surface area contributed by atoms with Crippen LogP contribution in [0, 0.1) is 11.8 Å². The number of aryl methyl sites for hydroxylation is 1. The molecule has 1 aromatic rings. The molecule has 0 aliphatic carbocycles. The molecule has 0 bridgehead atoms. The molecule has 0 saturated carbocycles. The average Bonchev–Trinajstić information content (AvgIpc) is 3.00. The number of aromatic nitrogens is 2. The van der Waals surface area contributed by atoms with E-state index in [0.717, 1.165) is 32.5 Å². The third kappa shape index (κ3) is 4.06. The van der Waals surface area contributed by atoms with Crippen LogP contribution in [0.4, 0.5) is 0 Å². The van der Waals surface area contributed by atoms with Gasteiger partial charge in [-0.25, -0.2) is 8.42 Å². The topological polar surface area (TPSA) is 64.0 Å². The Hall–Kier alpha value is -0.880. The van der Waals surface area contributed by atoms with Crippen molar-refractivity contribution < 1.29 is 8.42 Å². The van der Waals surface area contributed by atoms with Crippen LogP contribution in [-0.4, -0.2) is 42.8 Å². The Morgan fingerprint density at radius 1 is 1.50 bits per heavy atom. The molecule has 20 heavy (non-hydrogen) atoms. The fourth-order valence-corrected chi connectivity index (χ4v) is 4.84. The summed E-state index contributed by atoms with van der Waals surface area (Å²) in [4.78, 5) is 0. The summed E-state index contributed by atoms with van der Waals surface area (Å²) < 4.78 is 25.3. The number of nitrogens with one attached hydrogen (secondary N) is 1. The van der Waals surface area contributed by atoms with Gasteiger partial charge in [-0.15, -0.1) is 0 Å². The Balaban J connectivity index is 2.03. The first-order valence-electron chi connectivity index (χ1n) is 7.46. The van der Waals surface area contributed by atoms with Crippen molar-refractivity contribution in [2.45, 2.75) is 33.2 Å². The molecule has 1 fully saturated rings. The Morgan fingerprint density at radius 3 is 2.85 bits per heavy atom. The number of sulfone groups is 1. The Labute approximate surface area is 121 Å². The van der Waals surface area contributed by atoms with E-state index < -0.39 is 9.84 Å². The molecule has 1 saturated heterocycles. The summed E-state index contributed by atoms with van der Waals surface area (Å²) in [5.74, 6) is 1.37. The summed E-state index contributed by atoms with van der Waals surface area (Å²) in [5, 5.41) is 7.67. The first kappa shape index (κ1) is 15.5. The van der Waals surface area contributed by atoms with Crippen LogP contribution in [0.1, 0.15) is 25.8 Å². The van der Waals surface area contributed by atoms with Gasteiger partial charge in [-0.2, -0.15) is 5.10 Å². The van der Waals surface area contributed by atoms with Crippen LogP contribution < -0.4 is 5.32 Å². The van der Waals surface area contributed by atoms with E-state index in [2.05, 4.69) is 30.5 Å². The molecule has 1 aliphatic heterocycles. The van der Waals surface area contributed by atoms with Gasteiger partial charge in [0.2, 0.25) is 0 Å². The molecule has 1 aliphatic rings. The Kier molecular flexibility index (Phi) is 5.21. The summed E-state index contributed by atoms with van der Waals surface area (Å²) in [6, 6.07) is 0. The lowest BCUT2D eigenvalue weighted by molar-refractivity contribution is 0.346. The molecule has 0 spiro atoms. The maximum Gasteiger partial charge on any atom is 0.150 e. The van der Waals surface area contributed by atoms with Gasteiger partial charge in [0.05, 0.1) is 17.7 Å². The highest BCUT2D eigenvalue weighted by molar-refractivity contribution is 7.91. The van der Waals surface area contributed by atoms with Crippen LogP contribution in [0.3, 0.4) is 0 Å². The lowest BCUT2D eigenvalue weighted by atomic mass is 9.87. The molecule has 2 atom stereocenters. The molecular weight excluding hydrogens is 274 g/mol. The lowest BCUT2D eigenvalue weighted by Gasteiger charge is -2.22. The van der Waals surface area contributed by atoms with E-state index in [9.17, 15) is 8.42 Å². The van der Waals surface area contributed by atoms with Crippen molar-refractivity contribution in [2.24, 2.45) is 11.8 Å². The van der Waals surface area contributed by atoms with Crippen LogP contribution in [0.25, 0.3) is 0 Å². The molecule has 114 valence electrons. The predicted octanol–water partition coefficient (Wildman–Crippen LogP) is 1.11. The maximum atomic E-state index is 11.7. The number of rotatable bonds is 7. The SMILES string of the molecule is CCNCC(Cc1cnn(CC)c1)C1CCS(=O)(=O)C1. The largest absolute Gasteiger partial charge is 0.317 e. The summed E-state index contributed by atoms with van der Waals surface area (Å²) >= 11 is 0. The van der Waals surface area contributed by atoms with Crippen LogP contribution in [0.2, 0.25) is 0 Å². The minimum Gasteiger partial charge on any atom is -0.317 e. The van der Waals surface area contributed by atoms with Gasteiger partial charge in [0.25, 0.3) is 0 Å². The third-order valence-electron chi connectivity index (χ3n) is 4.10. The van der Waals surface area contributed by atoms with Crippen molar-refractivity contribution in [3.05, 3.63) is 18.0 Å². The van der Waals surface area contributed by atoms with E-state index in [0.29, 0.717) is 17.4 Å². The molecule has 0 radical (unpaired) electrons. The van der Waals surface area contributed by atoms with E-state index >= 15 is 0 Å². The van der Waals surface area contributed by atoms with Crippen LogP contribution in [0.15, 0.2) is 12.4 Å². The molecule has 2 unspecified atom stereocenters. The van der Waals surface area contributed by atoms with Crippen molar-refractivity contribution in [3.8, 4) is 0 Å². The van der Waals surface area contributed by atoms with Crippen molar-refractivity contribution in [1.82, 2.24) is 15.1 Å². The predicted molar refractivity (Wildman–Crippen MR) is 80.4 cm³/mol. The van der Waals surface area contributed by atoms with Gasteiger partial charge in [-0.3, -0.25) is 4.68 Å². The second-order valence-corrected chi connectivity index (χ2v) is 7.87. The van der Waals surface area contributed by atoms with Crippen molar-refractivity contribution in [1.29, 1.82) is 0 Å². The van der Waals surface area contributed by atoms with E-state index in [-0.39, 0.29) is 5.92 Å². The summed E-state index contributed by atoms with van der Waals surface area (Å²) in [6.07, 6.45) is 5.70. The van der Waals surface area contributed by atoms with Gasteiger partial charge < -0.3 is 5.32 Å². The number of hydrogen-bond acceptors (Lipinski definition) is 4. The third-order valence-corrected chi connectivity index (χ3v) is 5.89. The highest BCUT2D eigenvalue weighted by Crippen LogP contribution is 2.28. The van der Waals surface area contributed by atoms with Crippen LogP contribution >= 0.6 is 0 Å². The zero-order chi connectivity index (χ0) is 14.6. The lowest BCUT2D eigenvalue weighted by Crippen LogP contribution is -2.30. The van der Waals surface area contributed by atoms with Crippen LogP contribution in [0.5, 0.6) is 0 Å². The van der Waals surface area contributed by atoms with Gasteiger partial charge in [0, 0.05) is 12.7 Å². The quantitative estimate of drug-likeness (QED) is 0.819. The second kappa shape index (κ2) is 6.72. The van der Waals surface area contributed by atoms with E-state index in [1.807, 2.05) is 10.9 Å². The molecule has 2 rings (SSSR count). The molecule has 1 aromatic heterocycles. The van der Waals surface area contributed by atoms with Gasteiger partial charge in [0.15, 0.2) is 9.84 Å². The monoisotopic (exact) mass is 299 g/mol. The fourth-order valence-electron chi connectivity index (χ4n) is 2.92. The minimum absolute atomic E-state index is 0.282. The minimum atomic E-state index is -2.81.